The van der Waals surface area contributed by atoms with Gasteiger partial charge >= 0.3 is 0 Å². The van der Waals surface area contributed by atoms with Crippen LogP contribution in [0, 0.1) is 21.7 Å². The average molecular weight is 598 g/mol. The van der Waals surface area contributed by atoms with Crippen LogP contribution in [0.25, 0.3) is 10.9 Å². The van der Waals surface area contributed by atoms with Gasteiger partial charge in [0.1, 0.15) is 29.5 Å². The number of aromatic nitrogens is 2. The number of fused-ring (bicyclic) bond motifs is 1. The molecular weight excluding hydrogens is 572 g/mol. The SMILES string of the molecule is O=C(Nc1cc2c(Nc3ccc(F)c(Cl)c3)ncnc2cc1OCCCN1CCNCC1)c1cc([N+](=O)[O-])ccc1F. The quantitative estimate of drug-likeness (QED) is 0.129. The fourth-order valence-electron chi connectivity index (χ4n) is 4.51. The molecule has 2 heterocycles. The van der Waals surface area contributed by atoms with Crippen molar-refractivity contribution in [2.75, 3.05) is 50.0 Å². The van der Waals surface area contributed by atoms with Gasteiger partial charge in [-0.15, -0.1) is 0 Å². The second kappa shape index (κ2) is 13.0. The number of nitro benzene ring substituents is 1. The molecule has 0 bridgehead atoms. The number of anilines is 3. The second-order valence-electron chi connectivity index (χ2n) is 9.51. The Balaban J connectivity index is 1.45. The molecule has 1 aromatic heterocycles. The Kier molecular flexibility index (Phi) is 9.00. The number of non-ortho nitro benzene ring substituents is 1. The van der Waals surface area contributed by atoms with Crippen molar-refractivity contribution < 1.29 is 23.2 Å². The molecule has 218 valence electrons. The minimum absolute atomic E-state index is 0.0817. The van der Waals surface area contributed by atoms with Crippen molar-refractivity contribution in [3.05, 3.63) is 87.2 Å². The van der Waals surface area contributed by atoms with Gasteiger partial charge in [0.2, 0.25) is 0 Å². The molecule has 0 aliphatic carbocycles. The molecule has 0 atom stereocenters. The van der Waals surface area contributed by atoms with E-state index >= 15 is 0 Å². The van der Waals surface area contributed by atoms with Gasteiger partial charge in [0.25, 0.3) is 11.6 Å². The van der Waals surface area contributed by atoms with Crippen LogP contribution in [0.5, 0.6) is 5.75 Å². The van der Waals surface area contributed by atoms with Crippen molar-refractivity contribution >= 4 is 51.3 Å². The van der Waals surface area contributed by atoms with Crippen LogP contribution in [0.15, 0.2) is 54.9 Å². The number of amides is 1. The van der Waals surface area contributed by atoms with Crippen LogP contribution in [0.2, 0.25) is 5.02 Å². The fourth-order valence-corrected chi connectivity index (χ4v) is 4.69. The Bertz CT molecular complexity index is 1640. The standard InChI is InChI=1S/C28H26ClF2N7O4/c29-21-12-17(2-4-23(21)31)35-27-20-14-25(36-28(39)19-13-18(38(40)41)3-5-22(19)30)26(15-24(20)33-16-34-27)42-11-1-8-37-9-6-32-7-10-37/h2-5,12-16,32H,1,6-11H2,(H,36,39)(H,33,34,35). The van der Waals surface area contributed by atoms with Crippen molar-refractivity contribution in [1.29, 1.82) is 0 Å². The van der Waals surface area contributed by atoms with Crippen LogP contribution in [0.3, 0.4) is 0 Å². The number of carbonyl (C=O) groups excluding carboxylic acids is 1. The summed E-state index contributed by atoms with van der Waals surface area (Å²) in [6, 6.07) is 9.98. The van der Waals surface area contributed by atoms with Crippen LogP contribution in [-0.4, -0.2) is 65.0 Å². The summed E-state index contributed by atoms with van der Waals surface area (Å²) in [6.45, 7) is 4.89. The van der Waals surface area contributed by atoms with Crippen molar-refractivity contribution in [3.63, 3.8) is 0 Å². The monoisotopic (exact) mass is 597 g/mol. The Labute approximate surface area is 244 Å². The first kappa shape index (κ1) is 29.0. The number of halogens is 3. The van der Waals surface area contributed by atoms with Crippen LogP contribution >= 0.6 is 11.6 Å². The van der Waals surface area contributed by atoms with Gasteiger partial charge in [-0.1, -0.05) is 11.6 Å². The van der Waals surface area contributed by atoms with E-state index in [4.69, 9.17) is 16.3 Å². The number of ether oxygens (including phenoxy) is 1. The molecule has 0 radical (unpaired) electrons. The first-order chi connectivity index (χ1) is 20.3. The van der Waals surface area contributed by atoms with Crippen molar-refractivity contribution in [2.45, 2.75) is 6.42 Å². The highest BCUT2D eigenvalue weighted by Gasteiger charge is 2.20. The minimum Gasteiger partial charge on any atom is -0.491 e. The Morgan fingerprint density at radius 1 is 1.10 bits per heavy atom. The third-order valence-corrected chi connectivity index (χ3v) is 6.95. The van der Waals surface area contributed by atoms with Crippen molar-refractivity contribution in [1.82, 2.24) is 20.2 Å². The number of carbonyl (C=O) groups is 1. The summed E-state index contributed by atoms with van der Waals surface area (Å²) < 4.78 is 34.3. The molecule has 1 aliphatic rings. The number of nitro groups is 1. The number of nitrogens with one attached hydrogen (secondary N) is 3. The summed E-state index contributed by atoms with van der Waals surface area (Å²) in [5.74, 6) is -1.80. The largest absolute Gasteiger partial charge is 0.491 e. The molecule has 1 fully saturated rings. The predicted octanol–water partition coefficient (Wildman–Crippen LogP) is 5.14. The molecule has 0 unspecified atom stereocenters. The van der Waals surface area contributed by atoms with E-state index in [9.17, 15) is 23.7 Å². The second-order valence-corrected chi connectivity index (χ2v) is 9.92. The third kappa shape index (κ3) is 6.87. The molecule has 42 heavy (non-hydrogen) atoms. The maximum atomic E-state index is 14.5. The molecule has 4 aromatic rings. The molecule has 1 aliphatic heterocycles. The number of hydrogen-bond acceptors (Lipinski definition) is 9. The lowest BCUT2D eigenvalue weighted by molar-refractivity contribution is -0.384. The summed E-state index contributed by atoms with van der Waals surface area (Å²) in [4.78, 5) is 34.6. The van der Waals surface area contributed by atoms with E-state index in [0.29, 0.717) is 35.4 Å². The lowest BCUT2D eigenvalue weighted by atomic mass is 10.1. The smallest absolute Gasteiger partial charge is 0.270 e. The van der Waals surface area contributed by atoms with Crippen LogP contribution in [-0.2, 0) is 0 Å². The van der Waals surface area contributed by atoms with Gasteiger partial charge in [0.05, 0.1) is 33.3 Å². The van der Waals surface area contributed by atoms with Gasteiger partial charge in [-0.05, 0) is 36.8 Å². The van der Waals surface area contributed by atoms with Crippen LogP contribution in [0.4, 0.5) is 31.7 Å². The predicted molar refractivity (Wildman–Crippen MR) is 155 cm³/mol. The fraction of sp³-hybridized carbons (Fsp3) is 0.250. The third-order valence-electron chi connectivity index (χ3n) is 6.66. The number of nitrogens with zero attached hydrogens (tertiary/aromatic N) is 4. The summed E-state index contributed by atoms with van der Waals surface area (Å²) in [5.41, 5.74) is 0.173. The molecule has 0 spiro atoms. The molecule has 5 rings (SSSR count). The summed E-state index contributed by atoms with van der Waals surface area (Å²) >= 11 is 5.92. The average Bonchev–Trinajstić information content (AvgIpc) is 2.98. The zero-order valence-electron chi connectivity index (χ0n) is 22.2. The minimum atomic E-state index is -0.920. The van der Waals surface area contributed by atoms with E-state index in [2.05, 4.69) is 30.8 Å². The molecule has 1 saturated heterocycles. The number of benzene rings is 3. The zero-order valence-corrected chi connectivity index (χ0v) is 23.0. The van der Waals surface area contributed by atoms with E-state index in [1.807, 2.05) is 0 Å². The highest BCUT2D eigenvalue weighted by Crippen LogP contribution is 2.34. The van der Waals surface area contributed by atoms with E-state index in [1.54, 1.807) is 12.1 Å². The van der Waals surface area contributed by atoms with Gasteiger partial charge in [-0.3, -0.25) is 14.9 Å². The highest BCUT2D eigenvalue weighted by molar-refractivity contribution is 6.31. The maximum absolute atomic E-state index is 14.5. The van der Waals surface area contributed by atoms with Gasteiger partial charge in [-0.2, -0.15) is 0 Å². The lowest BCUT2D eigenvalue weighted by Gasteiger charge is -2.27. The molecule has 3 aromatic carbocycles. The van der Waals surface area contributed by atoms with Gasteiger partial charge in [0.15, 0.2) is 0 Å². The summed E-state index contributed by atoms with van der Waals surface area (Å²) in [5, 5.41) is 20.6. The summed E-state index contributed by atoms with van der Waals surface area (Å²) in [6.07, 6.45) is 2.05. The van der Waals surface area contributed by atoms with Crippen LogP contribution in [0.1, 0.15) is 16.8 Å². The molecule has 14 heteroatoms. The number of piperazine rings is 1. The normalized spacial score (nSPS) is 13.6. The molecule has 11 nitrogen and oxygen atoms in total. The highest BCUT2D eigenvalue weighted by atomic mass is 35.5. The first-order valence-electron chi connectivity index (χ1n) is 13.1. The molecule has 3 N–H and O–H groups in total. The van der Waals surface area contributed by atoms with E-state index in [1.165, 1.54) is 24.5 Å². The lowest BCUT2D eigenvalue weighted by Crippen LogP contribution is -2.43. The molecule has 0 saturated carbocycles. The zero-order chi connectivity index (χ0) is 29.6. The van der Waals surface area contributed by atoms with Gasteiger partial charge < -0.3 is 25.6 Å². The Morgan fingerprint density at radius 3 is 2.64 bits per heavy atom. The Morgan fingerprint density at radius 2 is 1.88 bits per heavy atom. The van der Waals surface area contributed by atoms with E-state index < -0.39 is 33.7 Å². The first-order valence-corrected chi connectivity index (χ1v) is 13.5. The van der Waals surface area contributed by atoms with Gasteiger partial charge in [0, 0.05) is 62.0 Å². The van der Waals surface area contributed by atoms with Crippen molar-refractivity contribution in [3.8, 4) is 5.75 Å². The number of rotatable bonds is 10. The van der Waals surface area contributed by atoms with Crippen LogP contribution < -0.4 is 20.7 Å². The number of hydrogen-bond donors (Lipinski definition) is 3. The Hall–Kier alpha value is -4.46. The topological polar surface area (TPSA) is 135 Å². The maximum Gasteiger partial charge on any atom is 0.270 e. The molecule has 1 amide bonds. The van der Waals surface area contributed by atoms with E-state index in [0.717, 1.165) is 50.9 Å². The van der Waals surface area contributed by atoms with Crippen molar-refractivity contribution in [2.24, 2.45) is 0 Å². The van der Waals surface area contributed by atoms with Gasteiger partial charge in [-0.25, -0.2) is 18.7 Å². The van der Waals surface area contributed by atoms with E-state index in [-0.39, 0.29) is 16.5 Å². The molecular formula is C28H26ClF2N7O4. The summed E-state index contributed by atoms with van der Waals surface area (Å²) in [7, 11) is 0.